The van der Waals surface area contributed by atoms with Crippen molar-refractivity contribution in [3.63, 3.8) is 0 Å². The summed E-state index contributed by atoms with van der Waals surface area (Å²) in [4.78, 5) is 41.4. The number of para-hydroxylation sites is 1. The van der Waals surface area contributed by atoms with E-state index < -0.39 is 11.2 Å². The number of morpholine rings is 1. The van der Waals surface area contributed by atoms with Gasteiger partial charge in [0.1, 0.15) is 5.82 Å². The average Bonchev–Trinajstić information content (AvgIpc) is 2.81. The fourth-order valence-electron chi connectivity index (χ4n) is 4.01. The van der Waals surface area contributed by atoms with Crippen molar-refractivity contribution in [1.29, 1.82) is 0 Å². The number of benzene rings is 2. The summed E-state index contributed by atoms with van der Waals surface area (Å²) < 4.78 is 20.2. The zero-order valence-corrected chi connectivity index (χ0v) is 17.6. The number of halogens is 1. The van der Waals surface area contributed by atoms with Crippen molar-refractivity contribution in [2.24, 2.45) is 0 Å². The van der Waals surface area contributed by atoms with Gasteiger partial charge in [-0.25, -0.2) is 9.18 Å². The van der Waals surface area contributed by atoms with Crippen LogP contribution in [0.1, 0.15) is 18.0 Å². The second kappa shape index (κ2) is 9.88. The minimum Gasteiger partial charge on any atom is -0.379 e. The monoisotopic (exact) mass is 440 g/mol. The molecule has 2 aromatic carbocycles. The molecule has 32 heavy (non-hydrogen) atoms. The van der Waals surface area contributed by atoms with Gasteiger partial charge in [0.2, 0.25) is 5.91 Å². The third kappa shape index (κ3) is 4.95. The zero-order chi connectivity index (χ0) is 22.5. The number of aromatic amines is 1. The molecule has 1 atom stereocenters. The van der Waals surface area contributed by atoms with Crippen LogP contribution in [0.5, 0.6) is 0 Å². The number of amides is 1. The Morgan fingerprint density at radius 1 is 1.09 bits per heavy atom. The number of hydrogen-bond donors (Lipinski definition) is 2. The van der Waals surface area contributed by atoms with Gasteiger partial charge in [-0.05, 0) is 29.8 Å². The first-order valence-electron chi connectivity index (χ1n) is 10.6. The van der Waals surface area contributed by atoms with Gasteiger partial charge in [-0.2, -0.15) is 0 Å². The van der Waals surface area contributed by atoms with Gasteiger partial charge >= 0.3 is 5.69 Å². The number of aryl methyl sites for hydroxylation is 1. The molecule has 4 rings (SSSR count). The van der Waals surface area contributed by atoms with E-state index in [1.807, 2.05) is 0 Å². The van der Waals surface area contributed by atoms with Gasteiger partial charge in [0.05, 0.1) is 30.2 Å². The van der Waals surface area contributed by atoms with Crippen LogP contribution in [0.25, 0.3) is 10.9 Å². The highest BCUT2D eigenvalue weighted by Crippen LogP contribution is 2.21. The maximum atomic E-state index is 13.4. The van der Waals surface area contributed by atoms with Gasteiger partial charge in [0, 0.05) is 32.6 Å². The Labute approximate surface area is 183 Å². The second-order valence-electron chi connectivity index (χ2n) is 7.70. The molecule has 1 aliphatic heterocycles. The quantitative estimate of drug-likeness (QED) is 0.579. The highest BCUT2D eigenvalue weighted by atomic mass is 19.1. The van der Waals surface area contributed by atoms with Crippen molar-refractivity contribution < 1.29 is 13.9 Å². The molecule has 2 N–H and O–H groups in total. The molecule has 0 saturated carbocycles. The Morgan fingerprint density at radius 2 is 1.81 bits per heavy atom. The standard InChI is InChI=1S/C23H25FN4O4/c24-17-7-5-16(6-8-17)20(27-11-13-32-14-12-27)15-25-21(29)9-10-28-19-4-2-1-3-18(19)22(30)26-23(28)31/h1-8,20H,9-15H2,(H,25,29)(H,26,30,31)/t20-/m1/s1. The van der Waals surface area contributed by atoms with E-state index in [4.69, 9.17) is 4.74 Å². The van der Waals surface area contributed by atoms with Crippen LogP contribution in [0.4, 0.5) is 4.39 Å². The highest BCUT2D eigenvalue weighted by molar-refractivity contribution is 5.78. The number of ether oxygens (including phenoxy) is 1. The Hall–Kier alpha value is -3.30. The molecule has 8 nitrogen and oxygen atoms in total. The van der Waals surface area contributed by atoms with E-state index in [-0.39, 0.29) is 30.7 Å². The van der Waals surface area contributed by atoms with Crippen molar-refractivity contribution in [1.82, 2.24) is 19.8 Å². The van der Waals surface area contributed by atoms with Crippen molar-refractivity contribution in [2.75, 3.05) is 32.8 Å². The summed E-state index contributed by atoms with van der Waals surface area (Å²) in [6.45, 7) is 3.14. The molecule has 1 fully saturated rings. The topological polar surface area (TPSA) is 96.4 Å². The van der Waals surface area contributed by atoms with Crippen LogP contribution < -0.4 is 16.6 Å². The normalized spacial score (nSPS) is 15.5. The lowest BCUT2D eigenvalue weighted by Gasteiger charge is -2.35. The van der Waals surface area contributed by atoms with Crippen LogP contribution in [-0.2, 0) is 16.1 Å². The van der Waals surface area contributed by atoms with Crippen molar-refractivity contribution in [2.45, 2.75) is 19.0 Å². The largest absolute Gasteiger partial charge is 0.379 e. The summed E-state index contributed by atoms with van der Waals surface area (Å²) >= 11 is 0. The Morgan fingerprint density at radius 3 is 2.56 bits per heavy atom. The lowest BCUT2D eigenvalue weighted by Crippen LogP contribution is -2.44. The maximum absolute atomic E-state index is 13.4. The molecule has 1 aromatic heterocycles. The number of rotatable bonds is 7. The molecule has 1 saturated heterocycles. The van der Waals surface area contributed by atoms with E-state index >= 15 is 0 Å². The molecule has 0 unspecified atom stereocenters. The molecule has 1 aliphatic rings. The number of carbonyl (C=O) groups is 1. The fourth-order valence-corrected chi connectivity index (χ4v) is 4.01. The third-order valence-electron chi connectivity index (χ3n) is 5.70. The summed E-state index contributed by atoms with van der Waals surface area (Å²) in [6, 6.07) is 13.0. The predicted molar refractivity (Wildman–Crippen MR) is 118 cm³/mol. The van der Waals surface area contributed by atoms with Gasteiger partial charge < -0.3 is 10.1 Å². The zero-order valence-electron chi connectivity index (χ0n) is 17.6. The lowest BCUT2D eigenvalue weighted by atomic mass is 10.0. The number of fused-ring (bicyclic) bond motifs is 1. The summed E-state index contributed by atoms with van der Waals surface area (Å²) in [6.07, 6.45) is 0.0786. The summed E-state index contributed by atoms with van der Waals surface area (Å²) in [5, 5.41) is 3.34. The molecule has 3 aromatic rings. The SMILES string of the molecule is O=C(CCn1c(=O)[nH]c(=O)c2ccccc21)NC[C@H](c1ccc(F)cc1)N1CCOCC1. The molecule has 0 radical (unpaired) electrons. The molecule has 0 aliphatic carbocycles. The minimum absolute atomic E-state index is 0.0786. The number of aromatic nitrogens is 2. The minimum atomic E-state index is -0.543. The van der Waals surface area contributed by atoms with Crippen molar-refractivity contribution in [3.05, 3.63) is 80.7 Å². The van der Waals surface area contributed by atoms with E-state index in [1.165, 1.54) is 16.7 Å². The van der Waals surface area contributed by atoms with Gasteiger partial charge in [-0.1, -0.05) is 24.3 Å². The van der Waals surface area contributed by atoms with Gasteiger partial charge in [0.25, 0.3) is 5.56 Å². The van der Waals surface area contributed by atoms with Gasteiger partial charge in [-0.3, -0.25) is 24.0 Å². The van der Waals surface area contributed by atoms with Gasteiger partial charge in [-0.15, -0.1) is 0 Å². The molecule has 2 heterocycles. The number of nitrogens with one attached hydrogen (secondary N) is 2. The average molecular weight is 440 g/mol. The fraction of sp³-hybridized carbons (Fsp3) is 0.348. The molecule has 168 valence electrons. The first-order chi connectivity index (χ1) is 15.5. The van der Waals surface area contributed by atoms with Gasteiger partial charge in [0.15, 0.2) is 0 Å². The van der Waals surface area contributed by atoms with E-state index in [0.29, 0.717) is 30.7 Å². The molecule has 0 bridgehead atoms. The van der Waals surface area contributed by atoms with E-state index in [2.05, 4.69) is 15.2 Å². The van der Waals surface area contributed by atoms with Crippen molar-refractivity contribution >= 4 is 16.8 Å². The lowest BCUT2D eigenvalue weighted by molar-refractivity contribution is -0.121. The van der Waals surface area contributed by atoms with Crippen LogP contribution in [0.2, 0.25) is 0 Å². The summed E-state index contributed by atoms with van der Waals surface area (Å²) in [5.41, 5.74) is 0.418. The number of H-pyrrole nitrogens is 1. The Bertz CT molecular complexity index is 1200. The number of nitrogens with zero attached hydrogens (tertiary/aromatic N) is 2. The molecular formula is C23H25FN4O4. The van der Waals surface area contributed by atoms with E-state index in [0.717, 1.165) is 18.7 Å². The summed E-state index contributed by atoms with van der Waals surface area (Å²) in [5.74, 6) is -0.523. The highest BCUT2D eigenvalue weighted by Gasteiger charge is 2.23. The third-order valence-corrected chi connectivity index (χ3v) is 5.70. The number of carbonyl (C=O) groups excluding carboxylic acids is 1. The Balaban J connectivity index is 1.44. The number of hydrogen-bond acceptors (Lipinski definition) is 5. The first kappa shape index (κ1) is 21.9. The molecule has 9 heteroatoms. The first-order valence-corrected chi connectivity index (χ1v) is 10.6. The van der Waals surface area contributed by atoms with E-state index in [9.17, 15) is 18.8 Å². The summed E-state index contributed by atoms with van der Waals surface area (Å²) in [7, 11) is 0. The van der Waals surface area contributed by atoms with Crippen LogP contribution >= 0.6 is 0 Å². The molecule has 0 spiro atoms. The molecule has 1 amide bonds. The van der Waals surface area contributed by atoms with Crippen molar-refractivity contribution in [3.8, 4) is 0 Å². The smallest absolute Gasteiger partial charge is 0.328 e. The van der Waals surface area contributed by atoms with Crippen LogP contribution in [0, 0.1) is 5.82 Å². The van der Waals surface area contributed by atoms with E-state index in [1.54, 1.807) is 36.4 Å². The maximum Gasteiger partial charge on any atom is 0.328 e. The van der Waals surface area contributed by atoms with Crippen LogP contribution in [0.15, 0.2) is 58.1 Å². The Kier molecular flexibility index (Phi) is 6.77. The predicted octanol–water partition coefficient (Wildman–Crippen LogP) is 1.41. The van der Waals surface area contributed by atoms with Crippen LogP contribution in [0.3, 0.4) is 0 Å². The van der Waals surface area contributed by atoms with Crippen LogP contribution in [-0.4, -0.2) is 53.2 Å². The molecular weight excluding hydrogens is 415 g/mol. The second-order valence-corrected chi connectivity index (χ2v) is 7.70.